The number of hydrogen-bond donors (Lipinski definition) is 2. The summed E-state index contributed by atoms with van der Waals surface area (Å²) >= 11 is 0. The summed E-state index contributed by atoms with van der Waals surface area (Å²) in [5, 5.41) is 6.44. The zero-order chi connectivity index (χ0) is 8.97. The number of nitrogens with zero attached hydrogens (tertiary/aromatic N) is 1. The molecule has 66 valence electrons. The largest absolute Gasteiger partial charge is 0.464 e. The van der Waals surface area contributed by atoms with Crippen molar-refractivity contribution in [2.24, 2.45) is 5.73 Å². The molecule has 1 aromatic rings. The van der Waals surface area contributed by atoms with Gasteiger partial charge in [-0.3, -0.25) is 5.10 Å². The molecule has 0 fully saturated rings. The van der Waals surface area contributed by atoms with Crippen LogP contribution in [0.5, 0.6) is 0 Å². The number of ether oxygens (including phenoxy) is 1. The van der Waals surface area contributed by atoms with E-state index in [9.17, 15) is 4.79 Å². The first kappa shape index (κ1) is 8.73. The number of nitrogens with one attached hydrogen (secondary N) is 1. The summed E-state index contributed by atoms with van der Waals surface area (Å²) < 4.78 is 4.48. The van der Waals surface area contributed by atoms with Crippen molar-refractivity contribution >= 4 is 5.97 Å². The van der Waals surface area contributed by atoms with Crippen molar-refractivity contribution in [2.45, 2.75) is 6.42 Å². The molecule has 0 spiro atoms. The molecule has 0 unspecified atom stereocenters. The molecule has 1 heterocycles. The number of carbonyl (C=O) groups excluding carboxylic acids is 1. The van der Waals surface area contributed by atoms with Crippen LogP contribution in [0.3, 0.4) is 0 Å². The smallest absolute Gasteiger partial charge is 0.358 e. The Bertz CT molecular complexity index is 269. The van der Waals surface area contributed by atoms with Gasteiger partial charge in [0.1, 0.15) is 0 Å². The van der Waals surface area contributed by atoms with Gasteiger partial charge in [0.2, 0.25) is 0 Å². The number of aromatic amines is 1. The van der Waals surface area contributed by atoms with E-state index in [1.807, 2.05) is 0 Å². The van der Waals surface area contributed by atoms with Crippen molar-refractivity contribution in [3.05, 3.63) is 17.5 Å². The molecule has 1 aromatic heterocycles. The Kier molecular flexibility index (Phi) is 2.82. The molecule has 0 aromatic carbocycles. The molecule has 0 aliphatic carbocycles. The number of H-pyrrole nitrogens is 1. The van der Waals surface area contributed by atoms with E-state index in [0.717, 1.165) is 5.69 Å². The van der Waals surface area contributed by atoms with Gasteiger partial charge < -0.3 is 10.5 Å². The van der Waals surface area contributed by atoms with Crippen molar-refractivity contribution < 1.29 is 9.53 Å². The molecule has 0 aliphatic rings. The Labute approximate surface area is 69.9 Å². The first-order valence-electron chi connectivity index (χ1n) is 3.60. The fourth-order valence-electron chi connectivity index (χ4n) is 0.854. The minimum atomic E-state index is -0.436. The predicted molar refractivity (Wildman–Crippen MR) is 42.7 cm³/mol. The molecule has 12 heavy (non-hydrogen) atoms. The molecule has 0 saturated carbocycles. The van der Waals surface area contributed by atoms with Gasteiger partial charge in [0.15, 0.2) is 5.69 Å². The third-order valence-electron chi connectivity index (χ3n) is 1.44. The summed E-state index contributed by atoms with van der Waals surface area (Å²) in [5.74, 6) is -0.436. The first-order valence-corrected chi connectivity index (χ1v) is 3.60. The second kappa shape index (κ2) is 3.87. The molecule has 0 amide bonds. The molecule has 0 saturated heterocycles. The minimum Gasteiger partial charge on any atom is -0.464 e. The third kappa shape index (κ3) is 1.82. The average molecular weight is 169 g/mol. The standard InChI is InChI=1S/C7H11N3O2/c1-12-7(11)6-4-5(2-3-8)9-10-6/h4H,2-3,8H2,1H3,(H,9,10). The normalized spacial score (nSPS) is 9.83. The first-order chi connectivity index (χ1) is 5.77. The lowest BCUT2D eigenvalue weighted by Crippen LogP contribution is -2.02. The highest BCUT2D eigenvalue weighted by Crippen LogP contribution is 2.00. The van der Waals surface area contributed by atoms with Gasteiger partial charge in [-0.2, -0.15) is 5.10 Å². The second-order valence-corrected chi connectivity index (χ2v) is 2.31. The highest BCUT2D eigenvalue weighted by atomic mass is 16.5. The highest BCUT2D eigenvalue weighted by molar-refractivity contribution is 5.87. The van der Waals surface area contributed by atoms with Crippen LogP contribution in [0.25, 0.3) is 0 Å². The molecule has 5 heteroatoms. The van der Waals surface area contributed by atoms with Gasteiger partial charge in [-0.05, 0) is 12.6 Å². The van der Waals surface area contributed by atoms with Crippen molar-refractivity contribution in [3.8, 4) is 0 Å². The van der Waals surface area contributed by atoms with E-state index in [4.69, 9.17) is 5.73 Å². The van der Waals surface area contributed by atoms with Crippen LogP contribution in [0.2, 0.25) is 0 Å². The van der Waals surface area contributed by atoms with E-state index in [1.165, 1.54) is 7.11 Å². The van der Waals surface area contributed by atoms with Gasteiger partial charge in [0.25, 0.3) is 0 Å². The molecule has 0 atom stereocenters. The SMILES string of the molecule is COC(=O)c1cc(CCN)[nH]n1. The average Bonchev–Trinajstić information content (AvgIpc) is 2.52. The van der Waals surface area contributed by atoms with E-state index in [-0.39, 0.29) is 0 Å². The second-order valence-electron chi connectivity index (χ2n) is 2.31. The van der Waals surface area contributed by atoms with Gasteiger partial charge >= 0.3 is 5.97 Å². The lowest BCUT2D eigenvalue weighted by atomic mass is 10.3. The van der Waals surface area contributed by atoms with Gasteiger partial charge in [0, 0.05) is 12.1 Å². The number of hydrogen-bond acceptors (Lipinski definition) is 4. The summed E-state index contributed by atoms with van der Waals surface area (Å²) in [6.45, 7) is 0.531. The van der Waals surface area contributed by atoms with Crippen LogP contribution < -0.4 is 5.73 Å². The van der Waals surface area contributed by atoms with Crippen molar-refractivity contribution in [1.82, 2.24) is 10.2 Å². The molecule has 0 radical (unpaired) electrons. The monoisotopic (exact) mass is 169 g/mol. The maximum Gasteiger partial charge on any atom is 0.358 e. The Hall–Kier alpha value is -1.36. The minimum absolute atomic E-state index is 0.293. The van der Waals surface area contributed by atoms with Crippen LogP contribution in [0, 0.1) is 0 Å². The van der Waals surface area contributed by atoms with Gasteiger partial charge in [0.05, 0.1) is 7.11 Å². The van der Waals surface area contributed by atoms with Crippen LogP contribution in [0.4, 0.5) is 0 Å². The maximum atomic E-state index is 10.9. The topological polar surface area (TPSA) is 81.0 Å². The lowest BCUT2D eigenvalue weighted by molar-refractivity contribution is 0.0594. The molecule has 0 aliphatic heterocycles. The van der Waals surface area contributed by atoms with Crippen LogP contribution in [-0.2, 0) is 11.2 Å². The Morgan fingerprint density at radius 1 is 1.83 bits per heavy atom. The summed E-state index contributed by atoms with van der Waals surface area (Å²) in [7, 11) is 1.32. The Balaban J connectivity index is 2.70. The van der Waals surface area contributed by atoms with E-state index >= 15 is 0 Å². The van der Waals surface area contributed by atoms with Crippen molar-refractivity contribution in [3.63, 3.8) is 0 Å². The molecule has 5 nitrogen and oxygen atoms in total. The van der Waals surface area contributed by atoms with E-state index in [0.29, 0.717) is 18.7 Å². The zero-order valence-corrected chi connectivity index (χ0v) is 6.83. The van der Waals surface area contributed by atoms with E-state index < -0.39 is 5.97 Å². The number of methoxy groups -OCH3 is 1. The lowest BCUT2D eigenvalue weighted by Gasteiger charge is -1.90. The van der Waals surface area contributed by atoms with Crippen molar-refractivity contribution in [1.29, 1.82) is 0 Å². The number of rotatable bonds is 3. The number of esters is 1. The quantitative estimate of drug-likeness (QED) is 0.608. The molecule has 1 rings (SSSR count). The van der Waals surface area contributed by atoms with Crippen LogP contribution in [-0.4, -0.2) is 29.8 Å². The summed E-state index contributed by atoms with van der Waals surface area (Å²) in [6.07, 6.45) is 0.685. The van der Waals surface area contributed by atoms with Crippen LogP contribution in [0.1, 0.15) is 16.2 Å². The zero-order valence-electron chi connectivity index (χ0n) is 6.83. The summed E-state index contributed by atoms with van der Waals surface area (Å²) in [6, 6.07) is 1.64. The van der Waals surface area contributed by atoms with Crippen LogP contribution in [0.15, 0.2) is 6.07 Å². The predicted octanol–water partition coefficient (Wildman–Crippen LogP) is -0.303. The van der Waals surface area contributed by atoms with E-state index in [2.05, 4.69) is 14.9 Å². The third-order valence-corrected chi connectivity index (χ3v) is 1.44. The molecular weight excluding hydrogens is 158 g/mol. The maximum absolute atomic E-state index is 10.9. The van der Waals surface area contributed by atoms with Crippen molar-refractivity contribution in [2.75, 3.05) is 13.7 Å². The van der Waals surface area contributed by atoms with Gasteiger partial charge in [-0.1, -0.05) is 0 Å². The summed E-state index contributed by atoms with van der Waals surface area (Å²) in [4.78, 5) is 10.9. The molecular formula is C7H11N3O2. The van der Waals surface area contributed by atoms with Crippen LogP contribution >= 0.6 is 0 Å². The van der Waals surface area contributed by atoms with E-state index in [1.54, 1.807) is 6.07 Å². The molecule has 3 N–H and O–H groups in total. The van der Waals surface area contributed by atoms with Gasteiger partial charge in [-0.15, -0.1) is 0 Å². The van der Waals surface area contributed by atoms with Gasteiger partial charge in [-0.25, -0.2) is 4.79 Å². The number of nitrogens with two attached hydrogens (primary N) is 1. The Morgan fingerprint density at radius 3 is 3.17 bits per heavy atom. The number of carbonyl (C=O) groups is 1. The Morgan fingerprint density at radius 2 is 2.58 bits per heavy atom. The fourth-order valence-corrected chi connectivity index (χ4v) is 0.854. The molecule has 0 bridgehead atoms. The summed E-state index contributed by atoms with van der Waals surface area (Å²) in [5.41, 5.74) is 6.45. The fraction of sp³-hybridized carbons (Fsp3) is 0.429. The highest BCUT2D eigenvalue weighted by Gasteiger charge is 2.08. The number of aromatic nitrogens is 2.